The Kier molecular flexibility index (Phi) is 2.99. The van der Waals surface area contributed by atoms with Crippen molar-refractivity contribution in [1.29, 1.82) is 0 Å². The average Bonchev–Trinajstić information content (AvgIpc) is 2.13. The van der Waals surface area contributed by atoms with Crippen LogP contribution in [0.5, 0.6) is 5.75 Å². The van der Waals surface area contributed by atoms with E-state index >= 15 is 0 Å². The molecule has 16 heavy (non-hydrogen) atoms. The third-order valence-electron chi connectivity index (χ3n) is 3.46. The van der Waals surface area contributed by atoms with E-state index in [1.54, 1.807) is 7.11 Å². The molecule has 0 amide bonds. The van der Waals surface area contributed by atoms with Crippen molar-refractivity contribution in [2.75, 3.05) is 7.11 Å². The molecule has 0 aliphatic heterocycles. The van der Waals surface area contributed by atoms with Crippen molar-refractivity contribution < 1.29 is 9.53 Å². The van der Waals surface area contributed by atoms with Crippen LogP contribution in [0.4, 0.5) is 0 Å². The van der Waals surface area contributed by atoms with Crippen LogP contribution in [0.3, 0.4) is 0 Å². The summed E-state index contributed by atoms with van der Waals surface area (Å²) >= 11 is 0. The number of rotatable bonds is 3. The summed E-state index contributed by atoms with van der Waals surface area (Å²) in [7, 11) is 1.65. The molecule has 0 radical (unpaired) electrons. The zero-order valence-electron chi connectivity index (χ0n) is 10.2. The van der Waals surface area contributed by atoms with Crippen molar-refractivity contribution in [2.24, 2.45) is 5.92 Å². The molecule has 0 spiro atoms. The SMILES string of the molecule is COc1cc(C)c(C(=O)C2CCC2)c(C)c1. The Bertz CT molecular complexity index is 394. The van der Waals surface area contributed by atoms with Gasteiger partial charge in [-0.15, -0.1) is 0 Å². The summed E-state index contributed by atoms with van der Waals surface area (Å²) in [5, 5.41) is 0. The number of ether oxygens (including phenoxy) is 1. The lowest BCUT2D eigenvalue weighted by molar-refractivity contribution is 0.0854. The van der Waals surface area contributed by atoms with Crippen LogP contribution < -0.4 is 4.74 Å². The van der Waals surface area contributed by atoms with Gasteiger partial charge in [0.1, 0.15) is 5.75 Å². The van der Waals surface area contributed by atoms with Crippen molar-refractivity contribution in [3.63, 3.8) is 0 Å². The van der Waals surface area contributed by atoms with Crippen LogP contribution in [0, 0.1) is 19.8 Å². The van der Waals surface area contributed by atoms with Gasteiger partial charge in [0.2, 0.25) is 0 Å². The molecule has 86 valence electrons. The molecule has 1 aromatic rings. The molecule has 2 rings (SSSR count). The second-order valence-electron chi connectivity index (χ2n) is 4.63. The van der Waals surface area contributed by atoms with Crippen LogP contribution in [-0.4, -0.2) is 12.9 Å². The van der Waals surface area contributed by atoms with Crippen LogP contribution in [0.1, 0.15) is 40.7 Å². The van der Waals surface area contributed by atoms with E-state index in [9.17, 15) is 4.79 Å². The van der Waals surface area contributed by atoms with E-state index in [1.807, 2.05) is 26.0 Å². The first-order chi connectivity index (χ1) is 7.63. The molecule has 0 unspecified atom stereocenters. The van der Waals surface area contributed by atoms with Crippen LogP contribution in [0.15, 0.2) is 12.1 Å². The highest BCUT2D eigenvalue weighted by Gasteiger charge is 2.28. The van der Waals surface area contributed by atoms with Gasteiger partial charge in [-0.1, -0.05) is 6.42 Å². The Morgan fingerprint density at radius 3 is 2.19 bits per heavy atom. The van der Waals surface area contributed by atoms with Gasteiger partial charge in [-0.3, -0.25) is 4.79 Å². The lowest BCUT2D eigenvalue weighted by Crippen LogP contribution is -2.23. The monoisotopic (exact) mass is 218 g/mol. The molecule has 2 nitrogen and oxygen atoms in total. The maximum Gasteiger partial charge on any atom is 0.166 e. The second-order valence-corrected chi connectivity index (χ2v) is 4.63. The van der Waals surface area contributed by atoms with Crippen LogP contribution in [0.2, 0.25) is 0 Å². The van der Waals surface area contributed by atoms with Crippen LogP contribution >= 0.6 is 0 Å². The quantitative estimate of drug-likeness (QED) is 0.728. The van der Waals surface area contributed by atoms with Crippen molar-refractivity contribution in [2.45, 2.75) is 33.1 Å². The van der Waals surface area contributed by atoms with Crippen LogP contribution in [-0.2, 0) is 0 Å². The summed E-state index contributed by atoms with van der Waals surface area (Å²) in [5.41, 5.74) is 2.98. The average molecular weight is 218 g/mol. The van der Waals surface area contributed by atoms with Gasteiger partial charge >= 0.3 is 0 Å². The first-order valence-corrected chi connectivity index (χ1v) is 5.83. The first kappa shape index (κ1) is 11.2. The number of carbonyl (C=O) groups is 1. The van der Waals surface area contributed by atoms with Gasteiger partial charge in [0.25, 0.3) is 0 Å². The topological polar surface area (TPSA) is 26.3 Å². The van der Waals surface area contributed by atoms with Crippen LogP contribution in [0.25, 0.3) is 0 Å². The van der Waals surface area contributed by atoms with Gasteiger partial charge in [-0.25, -0.2) is 0 Å². The highest BCUT2D eigenvalue weighted by Crippen LogP contribution is 2.32. The molecule has 2 heteroatoms. The van der Waals surface area contributed by atoms with E-state index < -0.39 is 0 Å². The Labute approximate surface area is 96.6 Å². The molecule has 1 fully saturated rings. The fourth-order valence-corrected chi connectivity index (χ4v) is 2.30. The number of Topliss-reactive ketones (excluding diaryl/α,β-unsaturated/α-hetero) is 1. The maximum atomic E-state index is 12.2. The molecular weight excluding hydrogens is 200 g/mol. The zero-order valence-corrected chi connectivity index (χ0v) is 10.2. The summed E-state index contributed by atoms with van der Waals surface area (Å²) in [6.45, 7) is 3.98. The van der Waals surface area contributed by atoms with Gasteiger partial charge in [0.05, 0.1) is 7.11 Å². The Balaban J connectivity index is 2.36. The number of benzene rings is 1. The highest BCUT2D eigenvalue weighted by molar-refractivity contribution is 6.01. The van der Waals surface area contributed by atoms with Gasteiger partial charge < -0.3 is 4.74 Å². The van der Waals surface area contributed by atoms with E-state index in [0.29, 0.717) is 5.78 Å². The third-order valence-corrected chi connectivity index (χ3v) is 3.46. The van der Waals surface area contributed by atoms with E-state index in [0.717, 1.165) is 35.3 Å². The standard InChI is InChI=1S/C14H18O2/c1-9-7-12(16-3)8-10(2)13(9)14(15)11-5-4-6-11/h7-8,11H,4-6H2,1-3H3. The summed E-state index contributed by atoms with van der Waals surface area (Å²) < 4.78 is 5.20. The number of aryl methyl sites for hydroxylation is 2. The van der Waals surface area contributed by atoms with Gasteiger partial charge in [0.15, 0.2) is 5.78 Å². The zero-order chi connectivity index (χ0) is 11.7. The molecule has 1 aliphatic carbocycles. The normalized spacial score (nSPS) is 15.7. The van der Waals surface area contributed by atoms with Gasteiger partial charge in [-0.2, -0.15) is 0 Å². The van der Waals surface area contributed by atoms with Crippen molar-refractivity contribution in [3.8, 4) is 5.75 Å². The fraction of sp³-hybridized carbons (Fsp3) is 0.500. The number of ketones is 1. The predicted molar refractivity (Wildman–Crippen MR) is 64.1 cm³/mol. The van der Waals surface area contributed by atoms with Crippen molar-refractivity contribution in [1.82, 2.24) is 0 Å². The summed E-state index contributed by atoms with van der Waals surface area (Å²) in [5.74, 6) is 1.43. The Morgan fingerprint density at radius 1 is 1.25 bits per heavy atom. The predicted octanol–water partition coefficient (Wildman–Crippen LogP) is 3.29. The van der Waals surface area contributed by atoms with E-state index in [4.69, 9.17) is 4.74 Å². The molecule has 0 N–H and O–H groups in total. The minimum atomic E-state index is 0.269. The molecule has 0 aromatic heterocycles. The lowest BCUT2D eigenvalue weighted by atomic mass is 9.78. The smallest absolute Gasteiger partial charge is 0.166 e. The Hall–Kier alpha value is -1.31. The first-order valence-electron chi connectivity index (χ1n) is 5.83. The molecular formula is C14H18O2. The number of methoxy groups -OCH3 is 1. The number of hydrogen-bond acceptors (Lipinski definition) is 2. The lowest BCUT2D eigenvalue weighted by Gasteiger charge is -2.25. The summed E-state index contributed by atoms with van der Waals surface area (Å²) in [6.07, 6.45) is 3.32. The third kappa shape index (κ3) is 1.84. The van der Waals surface area contributed by atoms with Crippen molar-refractivity contribution >= 4 is 5.78 Å². The molecule has 0 bridgehead atoms. The minimum absolute atomic E-state index is 0.269. The highest BCUT2D eigenvalue weighted by atomic mass is 16.5. The van der Waals surface area contributed by atoms with E-state index in [-0.39, 0.29) is 5.92 Å². The molecule has 1 aromatic carbocycles. The molecule has 1 saturated carbocycles. The molecule has 1 aliphatic rings. The largest absolute Gasteiger partial charge is 0.497 e. The molecule has 0 heterocycles. The maximum absolute atomic E-state index is 12.2. The number of carbonyl (C=O) groups excluding carboxylic acids is 1. The van der Waals surface area contributed by atoms with Gasteiger partial charge in [0, 0.05) is 11.5 Å². The summed E-state index contributed by atoms with van der Waals surface area (Å²) in [6, 6.07) is 3.89. The van der Waals surface area contributed by atoms with Gasteiger partial charge in [-0.05, 0) is 49.9 Å². The van der Waals surface area contributed by atoms with E-state index in [1.165, 1.54) is 6.42 Å². The fourth-order valence-electron chi connectivity index (χ4n) is 2.30. The molecule has 0 saturated heterocycles. The van der Waals surface area contributed by atoms with E-state index in [2.05, 4.69) is 0 Å². The molecule has 0 atom stereocenters. The Morgan fingerprint density at radius 2 is 1.81 bits per heavy atom. The minimum Gasteiger partial charge on any atom is -0.497 e. The second kappa shape index (κ2) is 4.28. The van der Waals surface area contributed by atoms with Crippen molar-refractivity contribution in [3.05, 3.63) is 28.8 Å². The summed E-state index contributed by atoms with van der Waals surface area (Å²) in [4.78, 5) is 12.2. The number of hydrogen-bond donors (Lipinski definition) is 0.